The lowest BCUT2D eigenvalue weighted by Crippen LogP contribution is -2.36. The Morgan fingerprint density at radius 3 is 2.58 bits per heavy atom. The van der Waals surface area contributed by atoms with Crippen LogP contribution in [-0.2, 0) is 9.84 Å². The van der Waals surface area contributed by atoms with Crippen LogP contribution >= 0.6 is 0 Å². The first-order valence-electron chi connectivity index (χ1n) is 10.3. The van der Waals surface area contributed by atoms with Gasteiger partial charge in [0.25, 0.3) is 0 Å². The minimum absolute atomic E-state index is 0.122. The number of fused-ring (bicyclic) bond motifs is 1. The third kappa shape index (κ3) is 4.28. The normalized spacial score (nSPS) is 17.2. The van der Waals surface area contributed by atoms with Gasteiger partial charge >= 0.3 is 0 Å². The van der Waals surface area contributed by atoms with Crippen molar-refractivity contribution in [2.45, 2.75) is 23.7 Å². The van der Waals surface area contributed by atoms with Crippen LogP contribution in [0.2, 0.25) is 0 Å². The SMILES string of the molecule is O=S(=O)(CCN1CCC(c2nc(-c3ccc4c(c3)OCO4)no2)CC1)c1ccccc1. The summed E-state index contributed by atoms with van der Waals surface area (Å²) in [5, 5.41) is 4.13. The Morgan fingerprint density at radius 2 is 1.77 bits per heavy atom. The van der Waals surface area contributed by atoms with Gasteiger partial charge in [-0.1, -0.05) is 23.4 Å². The Morgan fingerprint density at radius 1 is 1.00 bits per heavy atom. The molecule has 9 heteroatoms. The Bertz CT molecular complexity index is 1150. The predicted molar refractivity (Wildman–Crippen MR) is 113 cm³/mol. The summed E-state index contributed by atoms with van der Waals surface area (Å²) in [6.07, 6.45) is 1.71. The van der Waals surface area contributed by atoms with Crippen LogP contribution in [0.1, 0.15) is 24.7 Å². The molecule has 5 rings (SSSR count). The fourth-order valence-electron chi connectivity index (χ4n) is 3.95. The Kier molecular flexibility index (Phi) is 5.37. The summed E-state index contributed by atoms with van der Waals surface area (Å²) in [7, 11) is -3.26. The predicted octanol–water partition coefficient (Wildman–Crippen LogP) is 3.12. The van der Waals surface area contributed by atoms with Crippen molar-refractivity contribution in [2.75, 3.05) is 32.2 Å². The van der Waals surface area contributed by atoms with Gasteiger partial charge in [0.1, 0.15) is 0 Å². The van der Waals surface area contributed by atoms with Crippen molar-refractivity contribution in [3.63, 3.8) is 0 Å². The van der Waals surface area contributed by atoms with E-state index < -0.39 is 9.84 Å². The summed E-state index contributed by atoms with van der Waals surface area (Å²) >= 11 is 0. The van der Waals surface area contributed by atoms with Crippen LogP contribution in [0.25, 0.3) is 11.4 Å². The molecule has 0 amide bonds. The van der Waals surface area contributed by atoms with Gasteiger partial charge in [0, 0.05) is 18.0 Å². The molecule has 1 fully saturated rings. The molecule has 2 aromatic carbocycles. The van der Waals surface area contributed by atoms with E-state index in [4.69, 9.17) is 14.0 Å². The smallest absolute Gasteiger partial charge is 0.231 e. The van der Waals surface area contributed by atoms with E-state index in [0.717, 1.165) is 31.5 Å². The second kappa shape index (κ2) is 8.32. The molecule has 2 aliphatic rings. The highest BCUT2D eigenvalue weighted by atomic mass is 32.2. The third-order valence-corrected chi connectivity index (χ3v) is 7.50. The van der Waals surface area contributed by atoms with E-state index in [9.17, 15) is 8.42 Å². The fourth-order valence-corrected chi connectivity index (χ4v) is 5.26. The lowest BCUT2D eigenvalue weighted by molar-refractivity contribution is 0.174. The minimum atomic E-state index is -3.26. The second-order valence-corrected chi connectivity index (χ2v) is 9.88. The summed E-state index contributed by atoms with van der Waals surface area (Å²) < 4.78 is 41.3. The molecule has 3 aromatic rings. The van der Waals surface area contributed by atoms with Crippen LogP contribution in [0.15, 0.2) is 57.9 Å². The maximum Gasteiger partial charge on any atom is 0.231 e. The molecule has 0 atom stereocenters. The van der Waals surface area contributed by atoms with Crippen LogP contribution in [0.4, 0.5) is 0 Å². The largest absolute Gasteiger partial charge is 0.454 e. The van der Waals surface area contributed by atoms with E-state index in [-0.39, 0.29) is 18.5 Å². The Labute approximate surface area is 180 Å². The van der Waals surface area contributed by atoms with E-state index in [1.54, 1.807) is 24.3 Å². The number of hydrogen-bond donors (Lipinski definition) is 0. The third-order valence-electron chi connectivity index (χ3n) is 5.79. The molecule has 0 N–H and O–H groups in total. The summed E-state index contributed by atoms with van der Waals surface area (Å²) in [6.45, 7) is 2.35. The molecular weight excluding hydrogens is 418 g/mol. The molecule has 3 heterocycles. The maximum absolute atomic E-state index is 12.5. The zero-order valence-corrected chi connectivity index (χ0v) is 17.8. The molecule has 0 saturated carbocycles. The van der Waals surface area contributed by atoms with Gasteiger partial charge in [-0.2, -0.15) is 4.98 Å². The molecule has 0 unspecified atom stereocenters. The van der Waals surface area contributed by atoms with Gasteiger partial charge in [0.2, 0.25) is 18.5 Å². The van der Waals surface area contributed by atoms with Gasteiger partial charge in [-0.25, -0.2) is 8.42 Å². The molecule has 1 saturated heterocycles. The summed E-state index contributed by atoms with van der Waals surface area (Å²) in [5.74, 6) is 2.86. The lowest BCUT2D eigenvalue weighted by Gasteiger charge is -2.30. The topological polar surface area (TPSA) is 94.8 Å². The van der Waals surface area contributed by atoms with Crippen LogP contribution in [0.5, 0.6) is 11.5 Å². The highest BCUT2D eigenvalue weighted by Gasteiger charge is 2.27. The van der Waals surface area contributed by atoms with E-state index in [0.29, 0.717) is 34.7 Å². The van der Waals surface area contributed by atoms with Crippen LogP contribution in [-0.4, -0.2) is 55.6 Å². The summed E-state index contributed by atoms with van der Waals surface area (Å²) in [5.41, 5.74) is 0.822. The van der Waals surface area contributed by atoms with E-state index in [1.807, 2.05) is 24.3 Å². The zero-order valence-electron chi connectivity index (χ0n) is 16.9. The molecule has 8 nitrogen and oxygen atoms in total. The lowest BCUT2D eigenvalue weighted by atomic mass is 9.97. The average molecular weight is 442 g/mol. The van der Waals surface area contributed by atoms with Gasteiger partial charge in [0.15, 0.2) is 21.3 Å². The number of ether oxygens (including phenoxy) is 2. The quantitative estimate of drug-likeness (QED) is 0.576. The first-order valence-corrected chi connectivity index (χ1v) is 12.0. The number of aromatic nitrogens is 2. The number of sulfone groups is 1. The molecule has 0 aliphatic carbocycles. The first kappa shape index (κ1) is 20.0. The van der Waals surface area contributed by atoms with Crippen LogP contribution in [0.3, 0.4) is 0 Å². The van der Waals surface area contributed by atoms with Gasteiger partial charge in [-0.3, -0.25) is 0 Å². The van der Waals surface area contributed by atoms with Crippen molar-refractivity contribution in [1.29, 1.82) is 0 Å². The molecule has 2 aliphatic heterocycles. The first-order chi connectivity index (χ1) is 15.1. The molecule has 31 heavy (non-hydrogen) atoms. The van der Waals surface area contributed by atoms with Crippen molar-refractivity contribution >= 4 is 9.84 Å². The van der Waals surface area contributed by atoms with E-state index >= 15 is 0 Å². The molecule has 0 spiro atoms. The second-order valence-electron chi connectivity index (χ2n) is 7.77. The Balaban J connectivity index is 1.17. The molecular formula is C22H23N3O5S. The number of hydrogen-bond acceptors (Lipinski definition) is 8. The number of rotatable bonds is 6. The van der Waals surface area contributed by atoms with Gasteiger partial charge in [-0.15, -0.1) is 0 Å². The van der Waals surface area contributed by atoms with Crippen molar-refractivity contribution < 1.29 is 22.4 Å². The zero-order chi connectivity index (χ0) is 21.3. The number of benzene rings is 2. The van der Waals surface area contributed by atoms with Crippen molar-refractivity contribution in [1.82, 2.24) is 15.0 Å². The Hall–Kier alpha value is -2.91. The summed E-state index contributed by atoms with van der Waals surface area (Å²) in [6, 6.07) is 14.2. The highest BCUT2D eigenvalue weighted by Crippen LogP contribution is 2.36. The molecule has 162 valence electrons. The minimum Gasteiger partial charge on any atom is -0.454 e. The van der Waals surface area contributed by atoms with Crippen molar-refractivity contribution in [2.24, 2.45) is 0 Å². The standard InChI is InChI=1S/C22H23N3O5S/c26-31(27,18-4-2-1-3-5-18)13-12-25-10-8-16(9-11-25)22-23-21(24-30-22)17-6-7-19-20(14-17)29-15-28-19/h1-7,14,16H,8-13,15H2. The molecule has 1 aromatic heterocycles. The van der Waals surface area contributed by atoms with Gasteiger partial charge in [0.05, 0.1) is 10.6 Å². The molecule has 0 bridgehead atoms. The van der Waals surface area contributed by atoms with E-state index in [2.05, 4.69) is 15.0 Å². The van der Waals surface area contributed by atoms with Crippen LogP contribution < -0.4 is 9.47 Å². The molecule has 0 radical (unpaired) electrons. The fraction of sp³-hybridized carbons (Fsp3) is 0.364. The van der Waals surface area contributed by atoms with E-state index in [1.165, 1.54) is 0 Å². The van der Waals surface area contributed by atoms with Crippen LogP contribution in [0, 0.1) is 0 Å². The highest BCUT2D eigenvalue weighted by molar-refractivity contribution is 7.91. The van der Waals surface area contributed by atoms with Gasteiger partial charge < -0.3 is 18.9 Å². The van der Waals surface area contributed by atoms with Crippen molar-refractivity contribution in [3.8, 4) is 22.9 Å². The number of piperidine rings is 1. The van der Waals surface area contributed by atoms with Gasteiger partial charge in [-0.05, 0) is 56.3 Å². The summed E-state index contributed by atoms with van der Waals surface area (Å²) in [4.78, 5) is 7.16. The average Bonchev–Trinajstić information content (AvgIpc) is 3.48. The maximum atomic E-state index is 12.5. The number of likely N-dealkylation sites (tertiary alicyclic amines) is 1. The number of nitrogens with zero attached hydrogens (tertiary/aromatic N) is 3. The van der Waals surface area contributed by atoms with Crippen molar-refractivity contribution in [3.05, 3.63) is 54.4 Å². The monoisotopic (exact) mass is 441 g/mol.